The molecular weight excluding hydrogens is 250 g/mol. The van der Waals surface area contributed by atoms with E-state index < -0.39 is 0 Å². The van der Waals surface area contributed by atoms with Crippen molar-refractivity contribution in [3.05, 3.63) is 58.9 Å². The average Bonchev–Trinajstić information content (AvgIpc) is 2.53. The molecule has 0 radical (unpaired) electrons. The summed E-state index contributed by atoms with van der Waals surface area (Å²) in [6.07, 6.45) is 0.903. The van der Waals surface area contributed by atoms with Crippen molar-refractivity contribution in [1.29, 1.82) is 0 Å². The second-order valence-corrected chi connectivity index (χ2v) is 5.77. The molecule has 0 N–H and O–H groups in total. The van der Waals surface area contributed by atoms with Gasteiger partial charge in [-0.25, -0.2) is 4.39 Å². The Morgan fingerprint density at radius 3 is 2.76 bits per heavy atom. The highest BCUT2D eigenvalue weighted by Crippen LogP contribution is 2.33. The van der Waals surface area contributed by atoms with Gasteiger partial charge in [0.05, 0.1) is 0 Å². The molecule has 3 heteroatoms. The molecule has 0 saturated heterocycles. The predicted octanol–water partition coefficient (Wildman–Crippen LogP) is 3.52. The summed E-state index contributed by atoms with van der Waals surface area (Å²) >= 11 is 1.80. The Morgan fingerprint density at radius 2 is 1.88 bits per heavy atom. The van der Waals surface area contributed by atoms with Gasteiger partial charge in [-0.1, -0.05) is 24.3 Å². The summed E-state index contributed by atoms with van der Waals surface area (Å²) in [4.78, 5) is 1.31. The maximum absolute atomic E-state index is 13.5. The van der Waals surface area contributed by atoms with Gasteiger partial charge in [0.25, 0.3) is 0 Å². The third-order valence-corrected chi connectivity index (χ3v) is 4.89. The van der Waals surface area contributed by atoms with E-state index in [9.17, 15) is 4.39 Å². The third-order valence-electron chi connectivity index (χ3n) is 3.13. The fraction of sp³-hybridized carbons (Fsp3) is 0.143. The molecule has 0 fully saturated rings. The number of hydrogen-bond acceptors (Lipinski definition) is 1. The summed E-state index contributed by atoms with van der Waals surface area (Å²) in [7, 11) is 2.54. The maximum Gasteiger partial charge on any atom is 0.130 e. The number of benzene rings is 2. The van der Waals surface area contributed by atoms with E-state index in [4.69, 9.17) is 0 Å². The highest BCUT2D eigenvalue weighted by molar-refractivity contribution is 7.98. The fourth-order valence-corrected chi connectivity index (χ4v) is 3.84. The van der Waals surface area contributed by atoms with Gasteiger partial charge >= 0.3 is 0 Å². The molecule has 0 aliphatic carbocycles. The van der Waals surface area contributed by atoms with E-state index in [-0.39, 0.29) is 5.82 Å². The molecule has 17 heavy (non-hydrogen) atoms. The van der Waals surface area contributed by atoms with Gasteiger partial charge in [0, 0.05) is 16.0 Å². The van der Waals surface area contributed by atoms with Crippen LogP contribution in [-0.4, -0.2) is 0 Å². The molecule has 1 atom stereocenters. The number of halogens is 1. The van der Waals surface area contributed by atoms with Crippen molar-refractivity contribution in [1.82, 2.24) is 0 Å². The summed E-state index contributed by atoms with van der Waals surface area (Å²) in [6.45, 7) is 0. The first-order valence-corrected chi connectivity index (χ1v) is 7.08. The molecule has 2 aromatic carbocycles. The highest BCUT2D eigenvalue weighted by atomic mass is 32.2. The van der Waals surface area contributed by atoms with Crippen molar-refractivity contribution in [3.63, 3.8) is 0 Å². The standard InChI is InChI=1S/C14H12FPS/c15-12-6-5-9-7-10-3-1-2-4-13(10)17-8-11(9)14(12)16/h1-6H,7-8,16H2. The minimum atomic E-state index is -0.125. The van der Waals surface area contributed by atoms with Crippen LogP contribution in [0.1, 0.15) is 16.7 Å². The maximum atomic E-state index is 13.5. The number of fused-ring (bicyclic) bond motifs is 2. The fourth-order valence-electron chi connectivity index (χ4n) is 2.16. The van der Waals surface area contributed by atoms with Crippen molar-refractivity contribution in [2.24, 2.45) is 0 Å². The van der Waals surface area contributed by atoms with Gasteiger partial charge in [0.1, 0.15) is 5.82 Å². The Morgan fingerprint density at radius 1 is 1.06 bits per heavy atom. The Labute approximate surface area is 107 Å². The van der Waals surface area contributed by atoms with Gasteiger partial charge in [-0.05, 0) is 35.2 Å². The molecular formula is C14H12FPS. The zero-order chi connectivity index (χ0) is 11.8. The van der Waals surface area contributed by atoms with Crippen LogP contribution in [0.25, 0.3) is 0 Å². The topological polar surface area (TPSA) is 0 Å². The highest BCUT2D eigenvalue weighted by Gasteiger charge is 2.16. The largest absolute Gasteiger partial charge is 0.206 e. The number of hydrogen-bond donors (Lipinski definition) is 0. The Bertz CT molecular complexity index is 580. The van der Waals surface area contributed by atoms with Crippen LogP contribution in [0.4, 0.5) is 4.39 Å². The van der Waals surface area contributed by atoms with E-state index in [1.165, 1.54) is 16.0 Å². The zero-order valence-corrected chi connectivity index (χ0v) is 11.2. The lowest BCUT2D eigenvalue weighted by atomic mass is 10.0. The average molecular weight is 262 g/mol. The van der Waals surface area contributed by atoms with Crippen LogP contribution in [0, 0.1) is 5.82 Å². The number of thioether (sulfide) groups is 1. The zero-order valence-electron chi connectivity index (χ0n) is 9.24. The molecule has 0 spiro atoms. The van der Waals surface area contributed by atoms with E-state index >= 15 is 0 Å². The summed E-state index contributed by atoms with van der Waals surface area (Å²) in [6, 6.07) is 11.9. The minimum Gasteiger partial charge on any atom is -0.206 e. The molecule has 3 rings (SSSR count). The van der Waals surface area contributed by atoms with Crippen molar-refractivity contribution >= 4 is 26.3 Å². The lowest BCUT2D eigenvalue weighted by molar-refractivity contribution is 0.635. The van der Waals surface area contributed by atoms with Crippen LogP contribution in [-0.2, 0) is 12.2 Å². The van der Waals surface area contributed by atoms with Gasteiger partial charge in [0.15, 0.2) is 0 Å². The van der Waals surface area contributed by atoms with Crippen molar-refractivity contribution in [2.45, 2.75) is 17.1 Å². The van der Waals surface area contributed by atoms with Crippen molar-refractivity contribution in [3.8, 4) is 0 Å². The van der Waals surface area contributed by atoms with E-state index in [2.05, 4.69) is 33.5 Å². The van der Waals surface area contributed by atoms with Crippen molar-refractivity contribution in [2.75, 3.05) is 0 Å². The third kappa shape index (κ3) is 2.00. The Balaban J connectivity index is 2.13. The van der Waals surface area contributed by atoms with Crippen LogP contribution in [0.2, 0.25) is 0 Å². The van der Waals surface area contributed by atoms with Crippen LogP contribution in [0.5, 0.6) is 0 Å². The van der Waals surface area contributed by atoms with E-state index in [1.807, 2.05) is 6.07 Å². The minimum absolute atomic E-state index is 0.125. The normalized spacial score (nSPS) is 13.8. The van der Waals surface area contributed by atoms with Crippen LogP contribution in [0.3, 0.4) is 0 Å². The molecule has 1 heterocycles. The van der Waals surface area contributed by atoms with Gasteiger partial charge in [-0.15, -0.1) is 21.0 Å². The Kier molecular flexibility index (Phi) is 2.94. The molecule has 1 aliphatic heterocycles. The molecule has 0 saturated carbocycles. The SMILES string of the molecule is Fc1ccc2c(c1P)CSc1ccccc1C2. The quantitative estimate of drug-likeness (QED) is 0.655. The second-order valence-electron chi connectivity index (χ2n) is 4.17. The van der Waals surface area contributed by atoms with Crippen molar-refractivity contribution < 1.29 is 4.39 Å². The van der Waals surface area contributed by atoms with Gasteiger partial charge < -0.3 is 0 Å². The molecule has 0 amide bonds. The molecule has 0 nitrogen and oxygen atoms in total. The summed E-state index contributed by atoms with van der Waals surface area (Å²) in [5.41, 5.74) is 3.72. The first-order valence-electron chi connectivity index (χ1n) is 5.52. The van der Waals surface area contributed by atoms with E-state index in [0.717, 1.165) is 23.0 Å². The lowest BCUT2D eigenvalue weighted by Crippen LogP contribution is -2.09. The summed E-state index contributed by atoms with van der Waals surface area (Å²) in [5, 5.41) is 0.725. The second kappa shape index (κ2) is 4.44. The van der Waals surface area contributed by atoms with Gasteiger partial charge in [-0.2, -0.15) is 0 Å². The summed E-state index contributed by atoms with van der Waals surface area (Å²) < 4.78 is 13.5. The van der Waals surface area contributed by atoms with Crippen LogP contribution < -0.4 is 5.30 Å². The molecule has 1 aliphatic rings. The summed E-state index contributed by atoms with van der Waals surface area (Å²) in [5.74, 6) is 0.725. The molecule has 1 unspecified atom stereocenters. The molecule has 86 valence electrons. The van der Waals surface area contributed by atoms with Gasteiger partial charge in [0.2, 0.25) is 0 Å². The molecule has 0 bridgehead atoms. The van der Waals surface area contributed by atoms with E-state index in [0.29, 0.717) is 0 Å². The first-order chi connectivity index (χ1) is 8.25. The molecule has 0 aromatic heterocycles. The first kappa shape index (κ1) is 11.3. The van der Waals surface area contributed by atoms with Crippen LogP contribution in [0.15, 0.2) is 41.3 Å². The predicted molar refractivity (Wildman–Crippen MR) is 74.6 cm³/mol. The number of rotatable bonds is 0. The smallest absolute Gasteiger partial charge is 0.130 e. The lowest BCUT2D eigenvalue weighted by Gasteiger charge is -2.09. The molecule has 2 aromatic rings. The van der Waals surface area contributed by atoms with Crippen LogP contribution >= 0.6 is 21.0 Å². The Hall–Kier alpha value is -0.850. The monoisotopic (exact) mass is 262 g/mol. The van der Waals surface area contributed by atoms with Gasteiger partial charge in [-0.3, -0.25) is 0 Å². The van der Waals surface area contributed by atoms with E-state index in [1.54, 1.807) is 17.8 Å².